The van der Waals surface area contributed by atoms with Crippen molar-refractivity contribution in [2.75, 3.05) is 5.32 Å². The SMILES string of the molecule is N#Cc1cccc(-n2ncc(NC(=O)c3ccc(Br)cc3)c2C(=O)O)c1. The first-order valence-electron chi connectivity index (χ1n) is 7.38. The number of hydrogen-bond donors (Lipinski definition) is 2. The van der Waals surface area contributed by atoms with Crippen molar-refractivity contribution in [3.8, 4) is 11.8 Å². The van der Waals surface area contributed by atoms with Crippen LogP contribution in [-0.4, -0.2) is 26.8 Å². The highest BCUT2D eigenvalue weighted by molar-refractivity contribution is 9.10. The molecule has 3 rings (SSSR count). The molecule has 0 aliphatic heterocycles. The van der Waals surface area contributed by atoms with Crippen molar-refractivity contribution in [2.45, 2.75) is 0 Å². The van der Waals surface area contributed by atoms with Crippen LogP contribution in [0.25, 0.3) is 5.69 Å². The number of rotatable bonds is 4. The molecule has 0 saturated carbocycles. The van der Waals surface area contributed by atoms with E-state index in [1.807, 2.05) is 6.07 Å². The molecule has 7 nitrogen and oxygen atoms in total. The van der Waals surface area contributed by atoms with E-state index in [1.165, 1.54) is 16.9 Å². The quantitative estimate of drug-likeness (QED) is 0.684. The van der Waals surface area contributed by atoms with Gasteiger partial charge in [0.15, 0.2) is 5.69 Å². The first-order valence-corrected chi connectivity index (χ1v) is 8.17. The maximum absolute atomic E-state index is 12.3. The number of amides is 1. The number of anilines is 1. The second-order valence-corrected chi connectivity index (χ2v) is 6.16. The zero-order chi connectivity index (χ0) is 18.7. The van der Waals surface area contributed by atoms with Crippen LogP contribution >= 0.6 is 15.9 Å². The minimum Gasteiger partial charge on any atom is -0.476 e. The summed E-state index contributed by atoms with van der Waals surface area (Å²) >= 11 is 3.29. The Morgan fingerprint density at radius 2 is 1.92 bits per heavy atom. The van der Waals surface area contributed by atoms with Crippen molar-refractivity contribution in [1.29, 1.82) is 5.26 Å². The maximum atomic E-state index is 12.3. The van der Waals surface area contributed by atoms with Gasteiger partial charge in [0.2, 0.25) is 0 Å². The van der Waals surface area contributed by atoms with Gasteiger partial charge in [0.25, 0.3) is 5.91 Å². The average Bonchev–Trinajstić information content (AvgIpc) is 3.06. The lowest BCUT2D eigenvalue weighted by molar-refractivity contribution is 0.0688. The van der Waals surface area contributed by atoms with Gasteiger partial charge in [-0.25, -0.2) is 9.48 Å². The smallest absolute Gasteiger partial charge is 0.356 e. The minimum atomic E-state index is -1.25. The number of nitrogens with one attached hydrogen (secondary N) is 1. The zero-order valence-corrected chi connectivity index (χ0v) is 14.8. The Morgan fingerprint density at radius 1 is 1.19 bits per heavy atom. The molecule has 0 aliphatic rings. The second kappa shape index (κ2) is 7.21. The van der Waals surface area contributed by atoms with Crippen molar-refractivity contribution in [1.82, 2.24) is 9.78 Å². The summed E-state index contributed by atoms with van der Waals surface area (Å²) in [6, 6.07) is 15.0. The fourth-order valence-corrected chi connectivity index (χ4v) is 2.61. The van der Waals surface area contributed by atoms with E-state index in [4.69, 9.17) is 5.26 Å². The molecule has 0 aliphatic carbocycles. The van der Waals surface area contributed by atoms with Crippen LogP contribution in [0.5, 0.6) is 0 Å². The number of benzene rings is 2. The van der Waals surface area contributed by atoms with E-state index in [0.717, 1.165) is 4.47 Å². The molecule has 2 N–H and O–H groups in total. The molecule has 8 heteroatoms. The first kappa shape index (κ1) is 17.4. The molecular formula is C18H11BrN4O3. The summed E-state index contributed by atoms with van der Waals surface area (Å²) < 4.78 is 1.99. The van der Waals surface area contributed by atoms with Gasteiger partial charge in [-0.15, -0.1) is 0 Å². The fourth-order valence-electron chi connectivity index (χ4n) is 2.34. The van der Waals surface area contributed by atoms with E-state index < -0.39 is 11.9 Å². The minimum absolute atomic E-state index is 0.0628. The summed E-state index contributed by atoms with van der Waals surface area (Å²) in [6.45, 7) is 0. The number of carbonyl (C=O) groups is 2. The van der Waals surface area contributed by atoms with Crippen LogP contribution in [0.4, 0.5) is 5.69 Å². The van der Waals surface area contributed by atoms with E-state index in [0.29, 0.717) is 16.8 Å². The average molecular weight is 411 g/mol. The Labute approximate surface area is 156 Å². The van der Waals surface area contributed by atoms with Gasteiger partial charge in [-0.1, -0.05) is 22.0 Å². The lowest BCUT2D eigenvalue weighted by Crippen LogP contribution is -2.16. The van der Waals surface area contributed by atoms with Gasteiger partial charge >= 0.3 is 5.97 Å². The maximum Gasteiger partial charge on any atom is 0.356 e. The number of carboxylic acid groups (broad SMARTS) is 1. The van der Waals surface area contributed by atoms with E-state index in [9.17, 15) is 14.7 Å². The van der Waals surface area contributed by atoms with E-state index >= 15 is 0 Å². The van der Waals surface area contributed by atoms with Crippen molar-refractivity contribution in [3.05, 3.63) is 76.0 Å². The molecule has 1 heterocycles. The molecule has 1 aromatic heterocycles. The highest BCUT2D eigenvalue weighted by Gasteiger charge is 2.21. The Bertz CT molecular complexity index is 1040. The second-order valence-electron chi connectivity index (χ2n) is 5.25. The van der Waals surface area contributed by atoms with Crippen LogP contribution in [0.3, 0.4) is 0 Å². The third-order valence-electron chi connectivity index (χ3n) is 3.55. The lowest BCUT2D eigenvalue weighted by atomic mass is 10.2. The summed E-state index contributed by atoms with van der Waals surface area (Å²) in [5, 5.41) is 25.2. The fraction of sp³-hybridized carbons (Fsp3) is 0. The number of halogens is 1. The summed E-state index contributed by atoms with van der Waals surface area (Å²) in [4.78, 5) is 24.1. The molecule has 0 fully saturated rings. The van der Waals surface area contributed by atoms with E-state index in [1.54, 1.807) is 42.5 Å². The standard InChI is InChI=1S/C18H11BrN4O3/c19-13-6-4-12(5-7-13)17(24)22-15-10-21-23(16(15)18(25)26)14-3-1-2-11(8-14)9-20/h1-8,10H,(H,22,24)(H,25,26). The summed E-state index contributed by atoms with van der Waals surface area (Å²) in [5.74, 6) is -1.71. The summed E-state index contributed by atoms with van der Waals surface area (Å²) in [6.07, 6.45) is 1.26. The van der Waals surface area contributed by atoms with Crippen LogP contribution in [0, 0.1) is 11.3 Å². The molecular weight excluding hydrogens is 400 g/mol. The molecule has 0 atom stereocenters. The predicted molar refractivity (Wildman–Crippen MR) is 97.3 cm³/mol. The Morgan fingerprint density at radius 3 is 2.58 bits per heavy atom. The van der Waals surface area contributed by atoms with Crippen molar-refractivity contribution >= 4 is 33.5 Å². The number of aromatic carboxylic acids is 1. The van der Waals surface area contributed by atoms with E-state index in [2.05, 4.69) is 26.3 Å². The van der Waals surface area contributed by atoms with Crippen LogP contribution in [-0.2, 0) is 0 Å². The topological polar surface area (TPSA) is 108 Å². The highest BCUT2D eigenvalue weighted by atomic mass is 79.9. The van der Waals surface area contributed by atoms with Gasteiger partial charge in [-0.05, 0) is 42.5 Å². The molecule has 0 unspecified atom stereocenters. The molecule has 0 radical (unpaired) electrons. The third-order valence-corrected chi connectivity index (χ3v) is 4.07. The summed E-state index contributed by atoms with van der Waals surface area (Å²) in [5.41, 5.74) is 1.02. The van der Waals surface area contributed by atoms with Crippen molar-refractivity contribution < 1.29 is 14.7 Å². The Hall–Kier alpha value is -3.44. The molecule has 1 amide bonds. The normalized spacial score (nSPS) is 10.2. The van der Waals surface area contributed by atoms with Gasteiger partial charge in [0, 0.05) is 10.0 Å². The molecule has 128 valence electrons. The predicted octanol–water partition coefficient (Wildman–Crippen LogP) is 3.46. The first-order chi connectivity index (χ1) is 12.5. The van der Waals surface area contributed by atoms with Gasteiger partial charge in [0.05, 0.1) is 29.2 Å². The van der Waals surface area contributed by atoms with Crippen LogP contribution in [0.15, 0.2) is 59.2 Å². The van der Waals surface area contributed by atoms with Crippen molar-refractivity contribution in [2.24, 2.45) is 0 Å². The van der Waals surface area contributed by atoms with Gasteiger partial charge in [0.1, 0.15) is 0 Å². The third kappa shape index (κ3) is 3.48. The van der Waals surface area contributed by atoms with Crippen LogP contribution in [0.2, 0.25) is 0 Å². The molecule has 0 bridgehead atoms. The summed E-state index contributed by atoms with van der Waals surface area (Å²) in [7, 11) is 0. The highest BCUT2D eigenvalue weighted by Crippen LogP contribution is 2.21. The van der Waals surface area contributed by atoms with Gasteiger partial charge in [-0.3, -0.25) is 4.79 Å². The number of nitriles is 1. The largest absolute Gasteiger partial charge is 0.476 e. The Balaban J connectivity index is 1.97. The monoisotopic (exact) mass is 410 g/mol. The van der Waals surface area contributed by atoms with Gasteiger partial charge in [-0.2, -0.15) is 10.4 Å². The van der Waals surface area contributed by atoms with Crippen molar-refractivity contribution in [3.63, 3.8) is 0 Å². The number of aromatic nitrogens is 2. The number of nitrogens with zero attached hydrogens (tertiary/aromatic N) is 3. The molecule has 3 aromatic rings. The van der Waals surface area contributed by atoms with Crippen LogP contribution in [0.1, 0.15) is 26.4 Å². The zero-order valence-electron chi connectivity index (χ0n) is 13.2. The van der Waals surface area contributed by atoms with E-state index in [-0.39, 0.29) is 11.4 Å². The van der Waals surface area contributed by atoms with Gasteiger partial charge < -0.3 is 10.4 Å². The number of carbonyl (C=O) groups excluding carboxylic acids is 1. The molecule has 26 heavy (non-hydrogen) atoms. The van der Waals surface area contributed by atoms with Crippen LogP contribution < -0.4 is 5.32 Å². The molecule has 0 saturated heterocycles. The molecule has 2 aromatic carbocycles. The molecule has 0 spiro atoms. The lowest BCUT2D eigenvalue weighted by Gasteiger charge is -2.07. The number of hydrogen-bond acceptors (Lipinski definition) is 4. The Kier molecular flexibility index (Phi) is 4.82. The number of carboxylic acids is 1.